The van der Waals surface area contributed by atoms with Crippen molar-refractivity contribution >= 4 is 17.3 Å². The summed E-state index contributed by atoms with van der Waals surface area (Å²) in [5, 5.41) is 3.01. The monoisotopic (exact) mass is 263 g/mol. The van der Waals surface area contributed by atoms with E-state index in [9.17, 15) is 4.79 Å². The summed E-state index contributed by atoms with van der Waals surface area (Å²) < 4.78 is 0. The summed E-state index contributed by atoms with van der Waals surface area (Å²) in [5.41, 5.74) is 7.57. The number of nitrogens with zero attached hydrogens (tertiary/aromatic N) is 1. The Labute approximate surface area is 116 Å². The largest absolute Gasteiger partial charge is 0.397 e. The lowest BCUT2D eigenvalue weighted by Gasteiger charge is -2.25. The highest BCUT2D eigenvalue weighted by molar-refractivity contribution is 5.83. The minimum Gasteiger partial charge on any atom is -0.397 e. The zero-order valence-corrected chi connectivity index (χ0v) is 12.3. The van der Waals surface area contributed by atoms with Crippen molar-refractivity contribution in [2.45, 2.75) is 33.7 Å². The molecule has 1 aromatic rings. The van der Waals surface area contributed by atoms with Crippen molar-refractivity contribution < 1.29 is 4.79 Å². The highest BCUT2D eigenvalue weighted by Crippen LogP contribution is 2.21. The van der Waals surface area contributed by atoms with E-state index >= 15 is 0 Å². The number of benzene rings is 1. The van der Waals surface area contributed by atoms with Crippen molar-refractivity contribution in [2.24, 2.45) is 5.92 Å². The second kappa shape index (κ2) is 7.02. The van der Waals surface area contributed by atoms with Gasteiger partial charge in [-0.2, -0.15) is 0 Å². The first kappa shape index (κ1) is 15.3. The quantitative estimate of drug-likeness (QED) is 0.774. The van der Waals surface area contributed by atoms with E-state index in [0.29, 0.717) is 18.2 Å². The molecule has 0 heterocycles. The van der Waals surface area contributed by atoms with Crippen molar-refractivity contribution in [3.63, 3.8) is 0 Å². The van der Waals surface area contributed by atoms with E-state index < -0.39 is 0 Å². The Kier molecular flexibility index (Phi) is 5.67. The van der Waals surface area contributed by atoms with Gasteiger partial charge in [-0.05, 0) is 31.9 Å². The van der Waals surface area contributed by atoms with Crippen LogP contribution in [-0.2, 0) is 4.79 Å². The molecule has 0 aliphatic rings. The number of para-hydroxylation sites is 2. The van der Waals surface area contributed by atoms with Crippen LogP contribution in [-0.4, -0.2) is 25.0 Å². The summed E-state index contributed by atoms with van der Waals surface area (Å²) >= 11 is 0. The van der Waals surface area contributed by atoms with E-state index in [0.717, 1.165) is 12.2 Å². The molecule has 0 aromatic heterocycles. The van der Waals surface area contributed by atoms with Crippen LogP contribution in [0.4, 0.5) is 11.4 Å². The third-order valence-electron chi connectivity index (χ3n) is 3.38. The van der Waals surface area contributed by atoms with Gasteiger partial charge in [0.15, 0.2) is 0 Å². The summed E-state index contributed by atoms with van der Waals surface area (Å²) in [6.07, 6.45) is 0. The maximum Gasteiger partial charge on any atom is 0.239 e. The fourth-order valence-corrected chi connectivity index (χ4v) is 1.78. The van der Waals surface area contributed by atoms with Gasteiger partial charge in [-0.1, -0.05) is 26.0 Å². The number of hydrogen-bond donors (Lipinski definition) is 2. The van der Waals surface area contributed by atoms with Crippen LogP contribution in [0.3, 0.4) is 0 Å². The van der Waals surface area contributed by atoms with Crippen LogP contribution in [0.1, 0.15) is 27.7 Å². The van der Waals surface area contributed by atoms with Gasteiger partial charge in [0.25, 0.3) is 0 Å². The zero-order chi connectivity index (χ0) is 14.4. The van der Waals surface area contributed by atoms with Crippen LogP contribution >= 0.6 is 0 Å². The molecule has 1 unspecified atom stereocenters. The Balaban J connectivity index is 2.68. The lowest BCUT2D eigenvalue weighted by molar-refractivity contribution is -0.120. The van der Waals surface area contributed by atoms with Crippen molar-refractivity contribution in [1.82, 2.24) is 5.32 Å². The number of carbonyl (C=O) groups excluding carboxylic acids is 1. The molecule has 0 fully saturated rings. The molecule has 3 N–H and O–H groups in total. The van der Waals surface area contributed by atoms with Crippen LogP contribution in [0.25, 0.3) is 0 Å². The standard InChI is InChI=1S/C15H25N3O/c1-5-18(14-9-7-6-8-13(14)16)10-15(19)17-12(4)11(2)3/h6-9,11-12H,5,10,16H2,1-4H3,(H,17,19). The van der Waals surface area contributed by atoms with Crippen molar-refractivity contribution in [2.75, 3.05) is 23.7 Å². The Hall–Kier alpha value is -1.71. The van der Waals surface area contributed by atoms with Gasteiger partial charge in [0, 0.05) is 12.6 Å². The molecule has 0 bridgehead atoms. The average molecular weight is 263 g/mol. The molecule has 0 aliphatic heterocycles. The van der Waals surface area contributed by atoms with E-state index in [2.05, 4.69) is 19.2 Å². The van der Waals surface area contributed by atoms with Crippen LogP contribution in [0.2, 0.25) is 0 Å². The van der Waals surface area contributed by atoms with Gasteiger partial charge in [-0.25, -0.2) is 0 Å². The van der Waals surface area contributed by atoms with E-state index in [-0.39, 0.29) is 11.9 Å². The van der Waals surface area contributed by atoms with Gasteiger partial charge in [0.05, 0.1) is 17.9 Å². The molecule has 0 spiro atoms. The number of carbonyl (C=O) groups is 1. The second-order valence-electron chi connectivity index (χ2n) is 5.17. The normalized spacial score (nSPS) is 12.3. The Morgan fingerprint density at radius 1 is 1.32 bits per heavy atom. The van der Waals surface area contributed by atoms with E-state index in [4.69, 9.17) is 5.73 Å². The number of nitrogens with one attached hydrogen (secondary N) is 1. The van der Waals surface area contributed by atoms with Crippen LogP contribution in [0.5, 0.6) is 0 Å². The Bertz CT molecular complexity index is 418. The summed E-state index contributed by atoms with van der Waals surface area (Å²) in [6, 6.07) is 7.81. The minimum atomic E-state index is 0.0336. The highest BCUT2D eigenvalue weighted by Gasteiger charge is 2.15. The van der Waals surface area contributed by atoms with Crippen LogP contribution in [0.15, 0.2) is 24.3 Å². The molecule has 1 atom stereocenters. The van der Waals surface area contributed by atoms with Crippen molar-refractivity contribution in [3.8, 4) is 0 Å². The first-order valence-electron chi connectivity index (χ1n) is 6.84. The second-order valence-corrected chi connectivity index (χ2v) is 5.17. The molecule has 1 amide bonds. The van der Waals surface area contributed by atoms with Crippen molar-refractivity contribution in [3.05, 3.63) is 24.3 Å². The molecule has 19 heavy (non-hydrogen) atoms. The molecule has 0 saturated heterocycles. The van der Waals surface area contributed by atoms with Gasteiger partial charge < -0.3 is 16.0 Å². The maximum absolute atomic E-state index is 12.0. The van der Waals surface area contributed by atoms with E-state index in [1.165, 1.54) is 0 Å². The molecule has 1 aromatic carbocycles. The SMILES string of the molecule is CCN(CC(=O)NC(C)C(C)C)c1ccccc1N. The molecule has 1 rings (SSSR count). The Morgan fingerprint density at radius 3 is 2.47 bits per heavy atom. The molecule has 106 valence electrons. The van der Waals surface area contributed by atoms with E-state index in [1.54, 1.807) is 0 Å². The number of nitrogen functional groups attached to an aromatic ring is 1. The molecular weight excluding hydrogens is 238 g/mol. The van der Waals surface area contributed by atoms with Gasteiger partial charge in [-0.3, -0.25) is 4.79 Å². The third kappa shape index (κ3) is 4.47. The molecule has 0 aliphatic carbocycles. The summed E-state index contributed by atoms with van der Waals surface area (Å²) in [7, 11) is 0. The molecule has 0 radical (unpaired) electrons. The number of hydrogen-bond acceptors (Lipinski definition) is 3. The lowest BCUT2D eigenvalue weighted by Crippen LogP contribution is -2.43. The fourth-order valence-electron chi connectivity index (χ4n) is 1.78. The number of nitrogens with two attached hydrogens (primary N) is 1. The molecule has 4 nitrogen and oxygen atoms in total. The Morgan fingerprint density at radius 2 is 1.95 bits per heavy atom. The zero-order valence-electron chi connectivity index (χ0n) is 12.3. The smallest absolute Gasteiger partial charge is 0.239 e. The van der Waals surface area contributed by atoms with Crippen LogP contribution < -0.4 is 16.0 Å². The topological polar surface area (TPSA) is 58.4 Å². The van der Waals surface area contributed by atoms with Gasteiger partial charge >= 0.3 is 0 Å². The highest BCUT2D eigenvalue weighted by atomic mass is 16.2. The average Bonchev–Trinajstić information content (AvgIpc) is 2.36. The van der Waals surface area contributed by atoms with Crippen LogP contribution in [0, 0.1) is 5.92 Å². The number of anilines is 2. The number of amides is 1. The first-order valence-corrected chi connectivity index (χ1v) is 6.84. The summed E-state index contributed by atoms with van der Waals surface area (Å²) in [6.45, 7) is 9.32. The summed E-state index contributed by atoms with van der Waals surface area (Å²) in [5.74, 6) is 0.465. The third-order valence-corrected chi connectivity index (χ3v) is 3.38. The number of rotatable bonds is 6. The molecule has 0 saturated carbocycles. The first-order chi connectivity index (χ1) is 8.95. The fraction of sp³-hybridized carbons (Fsp3) is 0.533. The molecular formula is C15H25N3O. The summed E-state index contributed by atoms with van der Waals surface area (Å²) in [4.78, 5) is 14.0. The van der Waals surface area contributed by atoms with Gasteiger partial charge in [0.1, 0.15) is 0 Å². The predicted octanol–water partition coefficient (Wildman–Crippen LogP) is 2.26. The lowest BCUT2D eigenvalue weighted by atomic mass is 10.1. The predicted molar refractivity (Wildman–Crippen MR) is 81.2 cm³/mol. The maximum atomic E-state index is 12.0. The van der Waals surface area contributed by atoms with Crippen molar-refractivity contribution in [1.29, 1.82) is 0 Å². The number of likely N-dealkylation sites (N-methyl/N-ethyl adjacent to an activating group) is 1. The van der Waals surface area contributed by atoms with Gasteiger partial charge in [0.2, 0.25) is 5.91 Å². The van der Waals surface area contributed by atoms with E-state index in [1.807, 2.05) is 43.0 Å². The minimum absolute atomic E-state index is 0.0336. The molecule has 4 heteroatoms. The van der Waals surface area contributed by atoms with Gasteiger partial charge in [-0.15, -0.1) is 0 Å².